The van der Waals surface area contributed by atoms with Crippen LogP contribution in [0.4, 0.5) is 4.39 Å². The van der Waals surface area contributed by atoms with Crippen molar-refractivity contribution in [2.45, 2.75) is 18.9 Å². The number of hydrogen-bond acceptors (Lipinski definition) is 3. The van der Waals surface area contributed by atoms with Crippen LogP contribution in [0.25, 0.3) is 0 Å². The highest BCUT2D eigenvalue weighted by atomic mass is 19.1. The van der Waals surface area contributed by atoms with E-state index in [1.54, 1.807) is 12.1 Å². The maximum atomic E-state index is 12.8. The number of benzene rings is 1. The SMILES string of the molecule is NC(=O)CONC(c1ccc(F)cc1)C1CC1. The Morgan fingerprint density at radius 1 is 1.47 bits per heavy atom. The van der Waals surface area contributed by atoms with E-state index >= 15 is 0 Å². The van der Waals surface area contributed by atoms with Gasteiger partial charge in [-0.3, -0.25) is 9.63 Å². The van der Waals surface area contributed by atoms with E-state index < -0.39 is 5.91 Å². The monoisotopic (exact) mass is 238 g/mol. The van der Waals surface area contributed by atoms with Crippen LogP contribution >= 0.6 is 0 Å². The molecule has 1 fully saturated rings. The van der Waals surface area contributed by atoms with Crippen molar-refractivity contribution >= 4 is 5.91 Å². The summed E-state index contributed by atoms with van der Waals surface area (Å²) in [6.45, 7) is -0.162. The van der Waals surface area contributed by atoms with Crippen molar-refractivity contribution in [2.75, 3.05) is 6.61 Å². The van der Waals surface area contributed by atoms with Crippen molar-refractivity contribution in [3.8, 4) is 0 Å². The quantitative estimate of drug-likeness (QED) is 0.734. The lowest BCUT2D eigenvalue weighted by Gasteiger charge is -2.17. The van der Waals surface area contributed by atoms with E-state index in [2.05, 4.69) is 5.48 Å². The maximum absolute atomic E-state index is 12.8. The van der Waals surface area contributed by atoms with Crippen LogP contribution in [0, 0.1) is 11.7 Å². The Morgan fingerprint density at radius 2 is 2.12 bits per heavy atom. The molecule has 1 aromatic carbocycles. The highest BCUT2D eigenvalue weighted by Gasteiger charge is 2.32. The summed E-state index contributed by atoms with van der Waals surface area (Å²) in [5, 5.41) is 0. The zero-order valence-electron chi connectivity index (χ0n) is 9.36. The molecule has 1 saturated carbocycles. The molecule has 1 amide bonds. The fourth-order valence-corrected chi connectivity index (χ4v) is 1.74. The van der Waals surface area contributed by atoms with Crippen LogP contribution in [0.1, 0.15) is 24.4 Å². The Labute approximate surface area is 98.9 Å². The number of primary amides is 1. The van der Waals surface area contributed by atoms with Crippen molar-refractivity contribution in [3.05, 3.63) is 35.6 Å². The normalized spacial score (nSPS) is 16.8. The second-order valence-corrected chi connectivity index (χ2v) is 4.24. The van der Waals surface area contributed by atoms with Crippen LogP contribution in [-0.4, -0.2) is 12.5 Å². The van der Waals surface area contributed by atoms with Crippen molar-refractivity contribution in [2.24, 2.45) is 11.7 Å². The molecule has 0 radical (unpaired) electrons. The van der Waals surface area contributed by atoms with Crippen LogP contribution in [0.15, 0.2) is 24.3 Å². The van der Waals surface area contributed by atoms with E-state index in [0.717, 1.165) is 18.4 Å². The molecule has 4 nitrogen and oxygen atoms in total. The van der Waals surface area contributed by atoms with Crippen molar-refractivity contribution in [1.82, 2.24) is 5.48 Å². The fourth-order valence-electron chi connectivity index (χ4n) is 1.74. The van der Waals surface area contributed by atoms with Crippen molar-refractivity contribution < 1.29 is 14.0 Å². The molecule has 1 aromatic rings. The van der Waals surface area contributed by atoms with Crippen LogP contribution in [0.2, 0.25) is 0 Å². The third kappa shape index (κ3) is 3.51. The molecule has 0 saturated heterocycles. The van der Waals surface area contributed by atoms with Crippen LogP contribution in [0.5, 0.6) is 0 Å². The number of halogens is 1. The Kier molecular flexibility index (Phi) is 3.71. The first-order chi connectivity index (χ1) is 8.16. The molecule has 1 atom stereocenters. The van der Waals surface area contributed by atoms with E-state index in [0.29, 0.717) is 5.92 Å². The minimum Gasteiger partial charge on any atom is -0.368 e. The molecule has 2 rings (SSSR count). The molecular formula is C12H15FN2O2. The first kappa shape index (κ1) is 12.0. The summed E-state index contributed by atoms with van der Waals surface area (Å²) in [4.78, 5) is 15.6. The number of amides is 1. The van der Waals surface area contributed by atoms with Gasteiger partial charge < -0.3 is 5.73 Å². The number of hydroxylamine groups is 1. The summed E-state index contributed by atoms with van der Waals surface area (Å²) in [6, 6.07) is 6.27. The Bertz CT molecular complexity index is 390. The average molecular weight is 238 g/mol. The van der Waals surface area contributed by atoms with E-state index in [1.165, 1.54) is 12.1 Å². The molecule has 0 spiro atoms. The Balaban J connectivity index is 1.97. The molecule has 0 aromatic heterocycles. The summed E-state index contributed by atoms with van der Waals surface area (Å²) in [5.74, 6) is -0.305. The molecule has 5 heteroatoms. The second kappa shape index (κ2) is 5.25. The van der Waals surface area contributed by atoms with Gasteiger partial charge >= 0.3 is 0 Å². The van der Waals surface area contributed by atoms with Crippen LogP contribution in [0.3, 0.4) is 0 Å². The molecule has 17 heavy (non-hydrogen) atoms. The van der Waals surface area contributed by atoms with Gasteiger partial charge in [-0.15, -0.1) is 0 Å². The predicted octanol–water partition coefficient (Wildman–Crippen LogP) is 1.28. The lowest BCUT2D eigenvalue weighted by Crippen LogP contribution is -2.29. The lowest BCUT2D eigenvalue weighted by atomic mass is 10.0. The smallest absolute Gasteiger partial charge is 0.245 e. The molecule has 0 bridgehead atoms. The van der Waals surface area contributed by atoms with Gasteiger partial charge in [-0.1, -0.05) is 12.1 Å². The third-order valence-electron chi connectivity index (χ3n) is 2.75. The zero-order valence-corrected chi connectivity index (χ0v) is 9.36. The molecular weight excluding hydrogens is 223 g/mol. The molecule has 3 N–H and O–H groups in total. The summed E-state index contributed by atoms with van der Waals surface area (Å²) in [5.41, 5.74) is 8.76. The van der Waals surface area contributed by atoms with Crippen molar-refractivity contribution in [1.29, 1.82) is 0 Å². The number of nitrogens with one attached hydrogen (secondary N) is 1. The summed E-state index contributed by atoms with van der Waals surface area (Å²) in [7, 11) is 0. The minimum atomic E-state index is -0.522. The van der Waals surface area contributed by atoms with Gasteiger partial charge in [0.1, 0.15) is 12.4 Å². The third-order valence-corrected chi connectivity index (χ3v) is 2.75. The largest absolute Gasteiger partial charge is 0.368 e. The zero-order chi connectivity index (χ0) is 12.3. The number of nitrogens with two attached hydrogens (primary N) is 1. The fraction of sp³-hybridized carbons (Fsp3) is 0.417. The standard InChI is InChI=1S/C12H15FN2O2/c13-10-5-3-9(4-6-10)12(8-1-2-8)15-17-7-11(14)16/h3-6,8,12,15H,1-2,7H2,(H2,14,16). The van der Waals surface area contributed by atoms with Gasteiger partial charge in [-0.25, -0.2) is 4.39 Å². The van der Waals surface area contributed by atoms with Gasteiger partial charge in [0.05, 0.1) is 6.04 Å². The summed E-state index contributed by atoms with van der Waals surface area (Å²) >= 11 is 0. The number of carbonyl (C=O) groups is 1. The second-order valence-electron chi connectivity index (χ2n) is 4.24. The topological polar surface area (TPSA) is 64.4 Å². The predicted molar refractivity (Wildman–Crippen MR) is 60.1 cm³/mol. The lowest BCUT2D eigenvalue weighted by molar-refractivity contribution is -0.126. The summed E-state index contributed by atoms with van der Waals surface area (Å²) in [6.07, 6.45) is 2.21. The first-order valence-corrected chi connectivity index (χ1v) is 5.58. The van der Waals surface area contributed by atoms with Gasteiger partial charge in [-0.2, -0.15) is 5.48 Å². The van der Waals surface area contributed by atoms with Gasteiger partial charge in [0.2, 0.25) is 5.91 Å². The Hall–Kier alpha value is -1.46. The number of carbonyl (C=O) groups excluding carboxylic acids is 1. The van der Waals surface area contributed by atoms with Gasteiger partial charge in [0.25, 0.3) is 0 Å². The van der Waals surface area contributed by atoms with Gasteiger partial charge in [0.15, 0.2) is 0 Å². The molecule has 0 heterocycles. The van der Waals surface area contributed by atoms with E-state index in [1.807, 2.05) is 0 Å². The maximum Gasteiger partial charge on any atom is 0.245 e. The van der Waals surface area contributed by atoms with E-state index in [-0.39, 0.29) is 18.5 Å². The van der Waals surface area contributed by atoms with E-state index in [4.69, 9.17) is 10.6 Å². The van der Waals surface area contributed by atoms with Gasteiger partial charge in [0, 0.05) is 0 Å². The average Bonchev–Trinajstić information content (AvgIpc) is 3.10. The molecule has 1 aliphatic rings. The minimum absolute atomic E-state index is 0.00468. The Morgan fingerprint density at radius 3 is 2.65 bits per heavy atom. The number of rotatable bonds is 6. The van der Waals surface area contributed by atoms with Crippen LogP contribution in [-0.2, 0) is 9.63 Å². The van der Waals surface area contributed by atoms with Crippen LogP contribution < -0.4 is 11.2 Å². The number of hydrogen-bond donors (Lipinski definition) is 2. The molecule has 92 valence electrons. The molecule has 1 unspecified atom stereocenters. The first-order valence-electron chi connectivity index (χ1n) is 5.58. The molecule has 1 aliphatic carbocycles. The summed E-state index contributed by atoms with van der Waals surface area (Å²) < 4.78 is 12.8. The van der Waals surface area contributed by atoms with Crippen molar-refractivity contribution in [3.63, 3.8) is 0 Å². The highest BCUT2D eigenvalue weighted by Crippen LogP contribution is 2.40. The molecule has 0 aliphatic heterocycles. The van der Waals surface area contributed by atoms with Gasteiger partial charge in [-0.05, 0) is 36.5 Å². The van der Waals surface area contributed by atoms with E-state index in [9.17, 15) is 9.18 Å². The highest BCUT2D eigenvalue weighted by molar-refractivity contribution is 5.74.